The lowest BCUT2D eigenvalue weighted by molar-refractivity contribution is -0.133. The van der Waals surface area contributed by atoms with Crippen molar-refractivity contribution < 1.29 is 14.4 Å². The maximum atomic E-state index is 12.7. The van der Waals surface area contributed by atoms with Crippen molar-refractivity contribution in [2.24, 2.45) is 11.8 Å². The molecular weight excluding hydrogens is 344 g/mol. The number of carbonyl (C=O) groups is 3. The van der Waals surface area contributed by atoms with Crippen LogP contribution in [0.5, 0.6) is 0 Å². The number of likely N-dealkylation sites (tertiary alicyclic amines) is 1. The zero-order valence-corrected chi connectivity index (χ0v) is 15.6. The lowest BCUT2D eigenvalue weighted by atomic mass is 9.95. The molecule has 1 aromatic carbocycles. The van der Waals surface area contributed by atoms with Crippen LogP contribution in [0.1, 0.15) is 32.6 Å². The van der Waals surface area contributed by atoms with Gasteiger partial charge in [-0.3, -0.25) is 14.5 Å². The van der Waals surface area contributed by atoms with Gasteiger partial charge in [0.25, 0.3) is 5.91 Å². The van der Waals surface area contributed by atoms with Gasteiger partial charge in [-0.05, 0) is 50.7 Å². The Morgan fingerprint density at radius 2 is 1.81 bits per heavy atom. The summed E-state index contributed by atoms with van der Waals surface area (Å²) < 4.78 is 0. The number of nitrogens with zero attached hydrogens (tertiary/aromatic N) is 2. The first-order valence-electron chi connectivity index (χ1n) is 9.70. The molecule has 3 fully saturated rings. The number of rotatable bonds is 5. The van der Waals surface area contributed by atoms with E-state index in [2.05, 4.69) is 15.5 Å². The highest BCUT2D eigenvalue weighted by Gasteiger charge is 2.56. The molecule has 1 aromatic rings. The van der Waals surface area contributed by atoms with Crippen molar-refractivity contribution in [3.05, 3.63) is 30.3 Å². The topological polar surface area (TPSA) is 81.8 Å². The third-order valence-electron chi connectivity index (χ3n) is 6.04. The van der Waals surface area contributed by atoms with Gasteiger partial charge in [0.15, 0.2) is 0 Å². The quantitative estimate of drug-likeness (QED) is 0.777. The van der Waals surface area contributed by atoms with E-state index in [1.807, 2.05) is 37.3 Å². The lowest BCUT2D eigenvalue weighted by Crippen LogP contribution is -2.48. The van der Waals surface area contributed by atoms with Gasteiger partial charge in [-0.25, -0.2) is 9.69 Å². The zero-order chi connectivity index (χ0) is 19.0. The number of para-hydroxylation sites is 1. The van der Waals surface area contributed by atoms with E-state index in [9.17, 15) is 14.4 Å². The molecule has 0 aromatic heterocycles. The van der Waals surface area contributed by atoms with Crippen LogP contribution in [0.25, 0.3) is 0 Å². The molecule has 2 heterocycles. The van der Waals surface area contributed by atoms with E-state index >= 15 is 0 Å². The smallest absolute Gasteiger partial charge is 0.326 e. The first kappa shape index (κ1) is 18.0. The first-order chi connectivity index (χ1) is 13.0. The second-order valence-corrected chi connectivity index (χ2v) is 8.03. The van der Waals surface area contributed by atoms with Crippen LogP contribution in [0.3, 0.4) is 0 Å². The van der Waals surface area contributed by atoms with Gasteiger partial charge >= 0.3 is 6.03 Å². The number of anilines is 1. The highest BCUT2D eigenvalue weighted by atomic mass is 16.2. The van der Waals surface area contributed by atoms with E-state index in [0.29, 0.717) is 19.8 Å². The molecule has 4 amide bonds. The minimum atomic E-state index is -0.731. The Balaban J connectivity index is 1.29. The average Bonchev–Trinajstić information content (AvgIpc) is 3.49. The minimum absolute atomic E-state index is 0.0390. The van der Waals surface area contributed by atoms with Crippen molar-refractivity contribution in [3.63, 3.8) is 0 Å². The summed E-state index contributed by atoms with van der Waals surface area (Å²) in [6.45, 7) is 3.54. The maximum Gasteiger partial charge on any atom is 0.326 e. The largest absolute Gasteiger partial charge is 0.326 e. The molecule has 7 nitrogen and oxygen atoms in total. The molecule has 0 radical (unpaired) electrons. The van der Waals surface area contributed by atoms with E-state index < -0.39 is 5.54 Å². The van der Waals surface area contributed by atoms with Crippen molar-refractivity contribution in [3.8, 4) is 0 Å². The zero-order valence-electron chi connectivity index (χ0n) is 15.6. The maximum absolute atomic E-state index is 12.7. The number of urea groups is 1. The summed E-state index contributed by atoms with van der Waals surface area (Å²) in [7, 11) is 0. The van der Waals surface area contributed by atoms with Crippen LogP contribution in [0.4, 0.5) is 10.5 Å². The van der Waals surface area contributed by atoms with E-state index in [0.717, 1.165) is 31.4 Å². The molecule has 2 N–H and O–H groups in total. The highest BCUT2D eigenvalue weighted by molar-refractivity contribution is 6.07. The molecule has 7 heteroatoms. The third kappa shape index (κ3) is 3.56. The molecule has 1 unspecified atom stereocenters. The Bertz CT molecular complexity index is 741. The standard InChI is InChI=1S/C20H26N4O3/c1-20(15-7-8-15)18(26)24(19(27)22-20)13-23-11-9-14(10-12-23)17(25)21-16-5-3-2-4-6-16/h2-6,14-15H,7-13H2,1H3,(H,21,25)(H,22,27). The normalized spacial score (nSPS) is 26.9. The van der Waals surface area contributed by atoms with E-state index in [-0.39, 0.29) is 29.7 Å². The highest BCUT2D eigenvalue weighted by Crippen LogP contribution is 2.42. The molecule has 2 aliphatic heterocycles. The Kier molecular flexibility index (Phi) is 4.63. The number of carbonyl (C=O) groups excluding carboxylic acids is 3. The molecule has 3 aliphatic rings. The molecule has 1 saturated carbocycles. The van der Waals surface area contributed by atoms with Gasteiger partial charge in [0.1, 0.15) is 5.54 Å². The van der Waals surface area contributed by atoms with Crippen LogP contribution in [0, 0.1) is 11.8 Å². The number of hydrogen-bond donors (Lipinski definition) is 2. The van der Waals surface area contributed by atoms with Gasteiger partial charge in [0.2, 0.25) is 5.91 Å². The van der Waals surface area contributed by atoms with Crippen molar-refractivity contribution in [2.45, 2.75) is 38.1 Å². The van der Waals surface area contributed by atoms with Gasteiger partial charge in [0, 0.05) is 24.7 Å². The number of benzene rings is 1. The fourth-order valence-electron chi connectivity index (χ4n) is 4.08. The number of imide groups is 1. The van der Waals surface area contributed by atoms with Crippen LogP contribution in [-0.4, -0.2) is 52.9 Å². The van der Waals surface area contributed by atoms with Crippen LogP contribution in [0.15, 0.2) is 30.3 Å². The van der Waals surface area contributed by atoms with Gasteiger partial charge < -0.3 is 10.6 Å². The number of amides is 4. The molecule has 0 bridgehead atoms. The summed E-state index contributed by atoms with van der Waals surface area (Å²) in [6.07, 6.45) is 3.45. The Hall–Kier alpha value is -2.41. The van der Waals surface area contributed by atoms with E-state index in [1.54, 1.807) is 0 Å². The molecule has 4 rings (SSSR count). The summed E-state index contributed by atoms with van der Waals surface area (Å²) >= 11 is 0. The van der Waals surface area contributed by atoms with Crippen molar-refractivity contribution in [1.29, 1.82) is 0 Å². The number of piperidine rings is 1. The van der Waals surface area contributed by atoms with Gasteiger partial charge in [-0.15, -0.1) is 0 Å². The average molecular weight is 370 g/mol. The van der Waals surface area contributed by atoms with E-state index in [4.69, 9.17) is 0 Å². The Morgan fingerprint density at radius 1 is 1.15 bits per heavy atom. The van der Waals surface area contributed by atoms with Gasteiger partial charge in [-0.2, -0.15) is 0 Å². The fraction of sp³-hybridized carbons (Fsp3) is 0.550. The molecule has 0 spiro atoms. The lowest BCUT2D eigenvalue weighted by Gasteiger charge is -2.33. The SMILES string of the molecule is CC1(C2CC2)NC(=O)N(CN2CCC(C(=O)Nc3ccccc3)CC2)C1=O. The number of hydrogen-bond acceptors (Lipinski definition) is 4. The summed E-state index contributed by atoms with van der Waals surface area (Å²) in [4.78, 5) is 40.9. The molecule has 1 atom stereocenters. The van der Waals surface area contributed by atoms with Crippen molar-refractivity contribution in [1.82, 2.24) is 15.1 Å². The molecule has 27 heavy (non-hydrogen) atoms. The number of nitrogens with one attached hydrogen (secondary N) is 2. The molecular formula is C20H26N4O3. The second-order valence-electron chi connectivity index (χ2n) is 8.03. The molecule has 144 valence electrons. The minimum Gasteiger partial charge on any atom is -0.326 e. The monoisotopic (exact) mass is 370 g/mol. The van der Waals surface area contributed by atoms with Crippen molar-refractivity contribution >= 4 is 23.5 Å². The Labute approximate surface area is 159 Å². The van der Waals surface area contributed by atoms with Gasteiger partial charge in [-0.1, -0.05) is 18.2 Å². The fourth-order valence-corrected chi connectivity index (χ4v) is 4.08. The second kappa shape index (κ2) is 6.96. The molecule has 2 saturated heterocycles. The predicted molar refractivity (Wildman–Crippen MR) is 101 cm³/mol. The molecule has 1 aliphatic carbocycles. The third-order valence-corrected chi connectivity index (χ3v) is 6.04. The van der Waals surface area contributed by atoms with Gasteiger partial charge in [0.05, 0.1) is 6.67 Å². The van der Waals surface area contributed by atoms with Crippen LogP contribution < -0.4 is 10.6 Å². The summed E-state index contributed by atoms with van der Waals surface area (Å²) in [5.74, 6) is 0.156. The van der Waals surface area contributed by atoms with E-state index in [1.165, 1.54) is 4.90 Å². The summed E-state index contributed by atoms with van der Waals surface area (Å²) in [6, 6.07) is 9.16. The summed E-state index contributed by atoms with van der Waals surface area (Å²) in [5.41, 5.74) is 0.0777. The van der Waals surface area contributed by atoms with Crippen molar-refractivity contribution in [2.75, 3.05) is 25.1 Å². The van der Waals surface area contributed by atoms with Crippen LogP contribution in [0.2, 0.25) is 0 Å². The first-order valence-corrected chi connectivity index (χ1v) is 9.70. The Morgan fingerprint density at radius 3 is 2.44 bits per heavy atom. The van der Waals surface area contributed by atoms with Crippen LogP contribution >= 0.6 is 0 Å². The van der Waals surface area contributed by atoms with Crippen LogP contribution in [-0.2, 0) is 9.59 Å². The predicted octanol–water partition coefficient (Wildman–Crippen LogP) is 2.02. The summed E-state index contributed by atoms with van der Waals surface area (Å²) in [5, 5.41) is 5.84.